The summed E-state index contributed by atoms with van der Waals surface area (Å²) >= 11 is 0. The fraction of sp³-hybridized carbons (Fsp3) is 0.418. The summed E-state index contributed by atoms with van der Waals surface area (Å²) in [6.07, 6.45) is 10.5. The fourth-order valence-electron chi connectivity index (χ4n) is 11.6. The van der Waals surface area contributed by atoms with Crippen LogP contribution in [0.2, 0.25) is 0 Å². The van der Waals surface area contributed by atoms with Crippen LogP contribution < -0.4 is 24.6 Å². The highest BCUT2D eigenvalue weighted by Gasteiger charge is 2.50. The van der Waals surface area contributed by atoms with Crippen molar-refractivity contribution in [2.75, 3.05) is 54.4 Å². The lowest BCUT2D eigenvalue weighted by atomic mass is 9.59. The molecule has 0 radical (unpaired) electrons. The Morgan fingerprint density at radius 1 is 0.901 bits per heavy atom. The van der Waals surface area contributed by atoms with Gasteiger partial charge in [0.25, 0.3) is 21.6 Å². The average molecular weight is 981 g/mol. The lowest BCUT2D eigenvalue weighted by Gasteiger charge is -2.58. The van der Waals surface area contributed by atoms with Crippen LogP contribution in [0.15, 0.2) is 120 Å². The van der Waals surface area contributed by atoms with Crippen LogP contribution in [-0.4, -0.2) is 90.1 Å². The molecule has 2 saturated carbocycles. The third-order valence-corrected chi connectivity index (χ3v) is 17.1. The van der Waals surface area contributed by atoms with Gasteiger partial charge in [0.05, 0.1) is 33.2 Å². The van der Waals surface area contributed by atoms with Crippen LogP contribution in [-0.2, 0) is 10.0 Å². The number of pyridine rings is 1. The van der Waals surface area contributed by atoms with E-state index in [4.69, 9.17) is 4.74 Å². The quantitative estimate of drug-likeness (QED) is 0.0599. The highest BCUT2D eigenvalue weighted by atomic mass is 32.2. The standard InChI is InChI=1S/C55H64N8O7S/c1-37(2)45-11-7-8-12-46(45)50-36-61(40-9-5-4-6-10-40)27-28-62(50)42-32-55(33-42)22-25-60(26-23-55)41-13-15-47(51(30-41)70-43-29-39-19-24-56-52(39)58-35-43)53(64)59-71(68,69)44-14-16-48(49(31-44)63(66)67)57-34-38-17-20-54(3,65)21-18-38/h4-16,19,24,29-31,35,37-38,42,50,57,65H,17-18,20-23,25-28,32-34,36H2,1-3H3,(H,56,58)(H,59,64). The molecule has 71 heavy (non-hydrogen) atoms. The molecule has 4 heterocycles. The van der Waals surface area contributed by atoms with Crippen LogP contribution in [0, 0.1) is 21.4 Å². The SMILES string of the molecule is CC(C)c1ccccc1C1CN(c2ccccc2)CCN1C1CC2(CCN(c3ccc(C(=O)NS(=O)(=O)c4ccc(NCC5CCC(C)(O)CC5)c([N+](=O)[O-])c4)c(Oc4cnc5[nH]ccc5c4)c3)CC2)C1. The molecule has 6 aromatic rings. The van der Waals surface area contributed by atoms with Gasteiger partial charge in [0.1, 0.15) is 22.8 Å². The summed E-state index contributed by atoms with van der Waals surface area (Å²) in [6.45, 7) is 11.4. The molecule has 4 aliphatic rings. The number of carbonyl (C=O) groups excluding carboxylic acids is 1. The lowest BCUT2D eigenvalue weighted by Crippen LogP contribution is -2.60. The number of sulfonamides is 1. The molecule has 4 N–H and O–H groups in total. The van der Waals surface area contributed by atoms with Crippen molar-refractivity contribution in [3.63, 3.8) is 0 Å². The monoisotopic (exact) mass is 980 g/mol. The molecule has 1 unspecified atom stereocenters. The summed E-state index contributed by atoms with van der Waals surface area (Å²) in [5.41, 5.74) is 4.89. The zero-order chi connectivity index (χ0) is 49.5. The number of benzene rings is 4. The molecule has 0 bridgehead atoms. The van der Waals surface area contributed by atoms with Crippen LogP contribution in [0.5, 0.6) is 11.5 Å². The average Bonchev–Trinajstić information content (AvgIpc) is 3.83. The molecule has 1 spiro atoms. The topological polar surface area (TPSA) is 186 Å². The number of rotatable bonds is 14. The first-order valence-corrected chi connectivity index (χ1v) is 26.6. The predicted molar refractivity (Wildman–Crippen MR) is 277 cm³/mol. The Hall–Kier alpha value is -6.49. The van der Waals surface area contributed by atoms with E-state index in [1.54, 1.807) is 30.6 Å². The number of aromatic nitrogens is 2. The lowest BCUT2D eigenvalue weighted by molar-refractivity contribution is -0.384. The Labute approximate surface area is 415 Å². The van der Waals surface area contributed by atoms with Gasteiger partial charge in [0.2, 0.25) is 0 Å². The van der Waals surface area contributed by atoms with Crippen LogP contribution >= 0.6 is 0 Å². The molecular formula is C55H64N8O7S. The predicted octanol–water partition coefficient (Wildman–Crippen LogP) is 10.2. The molecule has 2 saturated heterocycles. The minimum absolute atomic E-state index is 0.0259. The minimum Gasteiger partial charge on any atom is -0.455 e. The Morgan fingerprint density at radius 3 is 2.39 bits per heavy atom. The first kappa shape index (κ1) is 48.2. The van der Waals surface area contributed by atoms with Gasteiger partial charge in [-0.25, -0.2) is 18.1 Å². The van der Waals surface area contributed by atoms with Crippen molar-refractivity contribution in [1.82, 2.24) is 19.6 Å². The summed E-state index contributed by atoms with van der Waals surface area (Å²) in [4.78, 5) is 40.4. The number of fused-ring (bicyclic) bond motifs is 1. The van der Waals surface area contributed by atoms with Crippen molar-refractivity contribution >= 4 is 49.7 Å². The van der Waals surface area contributed by atoms with E-state index in [2.05, 4.69) is 103 Å². The van der Waals surface area contributed by atoms with E-state index in [0.29, 0.717) is 48.8 Å². The molecule has 1 atom stereocenters. The van der Waals surface area contributed by atoms with Crippen LogP contribution in [0.25, 0.3) is 11.0 Å². The molecule has 15 nitrogen and oxygen atoms in total. The van der Waals surface area contributed by atoms with Gasteiger partial charge in [-0.3, -0.25) is 19.8 Å². The van der Waals surface area contributed by atoms with Crippen molar-refractivity contribution in [2.24, 2.45) is 11.3 Å². The number of piperidine rings is 1. The molecule has 2 aliphatic carbocycles. The number of nitrogens with zero attached hydrogens (tertiary/aromatic N) is 5. The molecule has 2 aromatic heterocycles. The summed E-state index contributed by atoms with van der Waals surface area (Å²) < 4.78 is 36.2. The number of H-pyrrole nitrogens is 1. The number of para-hydroxylation sites is 1. The summed E-state index contributed by atoms with van der Waals surface area (Å²) in [6, 6.07) is 33.0. The first-order valence-electron chi connectivity index (χ1n) is 25.1. The molecular weight excluding hydrogens is 917 g/mol. The third kappa shape index (κ3) is 10.3. The second kappa shape index (κ2) is 19.6. The third-order valence-electron chi connectivity index (χ3n) is 15.8. The smallest absolute Gasteiger partial charge is 0.293 e. The van der Waals surface area contributed by atoms with Crippen LogP contribution in [0.4, 0.5) is 22.7 Å². The highest BCUT2D eigenvalue weighted by Crippen LogP contribution is 2.53. The fourth-order valence-corrected chi connectivity index (χ4v) is 12.6. The minimum atomic E-state index is -4.58. The number of aromatic amines is 1. The van der Waals surface area contributed by atoms with E-state index in [0.717, 1.165) is 88.4 Å². The van der Waals surface area contributed by atoms with Crippen molar-refractivity contribution in [3.05, 3.63) is 142 Å². The summed E-state index contributed by atoms with van der Waals surface area (Å²) in [5, 5.41) is 26.5. The number of anilines is 3. The van der Waals surface area contributed by atoms with E-state index >= 15 is 0 Å². The second-order valence-corrected chi connectivity index (χ2v) is 22.6. The Bertz CT molecular complexity index is 3010. The van der Waals surface area contributed by atoms with Gasteiger partial charge in [0.15, 0.2) is 0 Å². The van der Waals surface area contributed by atoms with Gasteiger partial charge in [-0.15, -0.1) is 0 Å². The van der Waals surface area contributed by atoms with E-state index < -0.39 is 37.0 Å². The number of aliphatic hydroxyl groups is 1. The molecule has 16 heteroatoms. The van der Waals surface area contributed by atoms with E-state index in [9.17, 15) is 28.4 Å². The maximum atomic E-state index is 14.1. The zero-order valence-corrected chi connectivity index (χ0v) is 41.5. The summed E-state index contributed by atoms with van der Waals surface area (Å²) in [7, 11) is -4.58. The number of nitrogens with one attached hydrogen (secondary N) is 3. The molecule has 2 aliphatic heterocycles. The first-order chi connectivity index (χ1) is 34.1. The van der Waals surface area contributed by atoms with Crippen LogP contribution in [0.1, 0.15) is 106 Å². The van der Waals surface area contributed by atoms with Gasteiger partial charge < -0.3 is 29.9 Å². The number of hydrogen-bond donors (Lipinski definition) is 4. The maximum Gasteiger partial charge on any atom is 0.293 e. The second-order valence-electron chi connectivity index (χ2n) is 20.9. The Balaban J connectivity index is 0.839. The molecule has 10 rings (SSSR count). The number of carbonyl (C=O) groups is 1. The van der Waals surface area contributed by atoms with Crippen LogP contribution in [0.3, 0.4) is 0 Å². The number of nitro benzene ring substituents is 1. The summed E-state index contributed by atoms with van der Waals surface area (Å²) in [5.74, 6) is 0.189. The largest absolute Gasteiger partial charge is 0.455 e. The van der Waals surface area contributed by atoms with Crippen molar-refractivity contribution < 1.29 is 28.0 Å². The zero-order valence-electron chi connectivity index (χ0n) is 40.7. The van der Waals surface area contributed by atoms with Gasteiger partial charge in [-0.2, -0.15) is 0 Å². The molecule has 1 amide bonds. The van der Waals surface area contributed by atoms with Crippen molar-refractivity contribution in [3.8, 4) is 11.5 Å². The van der Waals surface area contributed by atoms with Crippen molar-refractivity contribution in [2.45, 2.75) is 101 Å². The Morgan fingerprint density at radius 2 is 1.65 bits per heavy atom. The van der Waals surface area contributed by atoms with Crippen molar-refractivity contribution in [1.29, 1.82) is 0 Å². The van der Waals surface area contributed by atoms with E-state index in [1.165, 1.54) is 28.9 Å². The highest BCUT2D eigenvalue weighted by molar-refractivity contribution is 7.90. The number of ether oxygens (including phenoxy) is 1. The maximum absolute atomic E-state index is 14.1. The molecule has 4 fully saturated rings. The van der Waals surface area contributed by atoms with Gasteiger partial charge in [-0.05, 0) is 135 Å². The molecule has 4 aromatic carbocycles. The van der Waals surface area contributed by atoms with Gasteiger partial charge in [-0.1, -0.05) is 56.3 Å². The van der Waals surface area contributed by atoms with Gasteiger partial charge in [0, 0.05) is 80.4 Å². The molecule has 372 valence electrons. The van der Waals surface area contributed by atoms with E-state index in [-0.39, 0.29) is 28.3 Å². The van der Waals surface area contributed by atoms with Gasteiger partial charge >= 0.3 is 0 Å². The number of piperazine rings is 1. The normalized spacial score (nSPS) is 21.8. The number of hydrogen-bond acceptors (Lipinski definition) is 12. The number of nitro groups is 1. The Kier molecular flexibility index (Phi) is 13.3. The number of amides is 1. The van der Waals surface area contributed by atoms with E-state index in [1.807, 2.05) is 19.1 Å².